The first-order valence-corrected chi connectivity index (χ1v) is 10.4. The van der Waals surface area contributed by atoms with Crippen molar-refractivity contribution in [3.05, 3.63) is 70.7 Å². The van der Waals surface area contributed by atoms with E-state index in [1.165, 1.54) is 0 Å². The average Bonchev–Trinajstić information content (AvgIpc) is 3.40. The molecule has 1 fully saturated rings. The van der Waals surface area contributed by atoms with Gasteiger partial charge in [-0.15, -0.1) is 0 Å². The van der Waals surface area contributed by atoms with Gasteiger partial charge in [0.15, 0.2) is 6.10 Å². The van der Waals surface area contributed by atoms with Gasteiger partial charge in [-0.2, -0.15) is 0 Å². The van der Waals surface area contributed by atoms with Crippen LogP contribution in [-0.2, 0) is 16.2 Å². The zero-order chi connectivity index (χ0) is 19.3. The summed E-state index contributed by atoms with van der Waals surface area (Å²) < 4.78 is 0. The number of halogens is 1. The standard InChI is InChI=1S/C23H25ClN2O2/c24-21-13-7-6-12-20(21)22-14-19(28-25-22)16-26(15-17-8-2-1-3-9-17)23(27)18-10-4-5-11-18/h1-3,6-9,12-13,18-19H,4-5,10-11,14-16H2. The van der Waals surface area contributed by atoms with E-state index in [1.54, 1.807) is 0 Å². The van der Waals surface area contributed by atoms with Crippen molar-refractivity contribution in [1.82, 2.24) is 4.90 Å². The highest BCUT2D eigenvalue weighted by atomic mass is 35.5. The molecule has 4 rings (SSSR count). The van der Waals surface area contributed by atoms with Gasteiger partial charge in [-0.3, -0.25) is 4.79 Å². The minimum atomic E-state index is -0.139. The maximum absolute atomic E-state index is 13.2. The van der Waals surface area contributed by atoms with Crippen molar-refractivity contribution in [3.8, 4) is 0 Å². The van der Waals surface area contributed by atoms with Gasteiger partial charge < -0.3 is 9.74 Å². The normalized spacial score (nSPS) is 19.3. The van der Waals surface area contributed by atoms with Crippen molar-refractivity contribution in [2.24, 2.45) is 11.1 Å². The van der Waals surface area contributed by atoms with E-state index in [4.69, 9.17) is 16.4 Å². The molecule has 0 aromatic heterocycles. The Morgan fingerprint density at radius 3 is 2.54 bits per heavy atom. The lowest BCUT2D eigenvalue weighted by Crippen LogP contribution is -2.40. The molecule has 0 N–H and O–H groups in total. The summed E-state index contributed by atoms with van der Waals surface area (Å²) in [5.74, 6) is 0.394. The third-order valence-corrected chi connectivity index (χ3v) is 5.90. The molecule has 1 unspecified atom stereocenters. The number of rotatable bonds is 6. The van der Waals surface area contributed by atoms with Gasteiger partial charge in [0.1, 0.15) is 0 Å². The number of oxime groups is 1. The van der Waals surface area contributed by atoms with Crippen molar-refractivity contribution < 1.29 is 9.63 Å². The van der Waals surface area contributed by atoms with Gasteiger partial charge >= 0.3 is 0 Å². The van der Waals surface area contributed by atoms with Gasteiger partial charge in [0.25, 0.3) is 0 Å². The van der Waals surface area contributed by atoms with E-state index < -0.39 is 0 Å². The van der Waals surface area contributed by atoms with Gasteiger partial charge in [-0.25, -0.2) is 0 Å². The average molecular weight is 397 g/mol. The first-order chi connectivity index (χ1) is 13.7. The number of carbonyl (C=O) groups excluding carboxylic acids is 1. The van der Waals surface area contributed by atoms with Crippen LogP contribution in [0.5, 0.6) is 0 Å². The Balaban J connectivity index is 1.45. The Morgan fingerprint density at radius 1 is 1.07 bits per heavy atom. The van der Waals surface area contributed by atoms with Crippen LogP contribution >= 0.6 is 11.6 Å². The van der Waals surface area contributed by atoms with E-state index in [-0.39, 0.29) is 17.9 Å². The van der Waals surface area contributed by atoms with Crippen molar-refractivity contribution in [2.45, 2.75) is 44.8 Å². The van der Waals surface area contributed by atoms with Crippen LogP contribution < -0.4 is 0 Å². The highest BCUT2D eigenvalue weighted by molar-refractivity contribution is 6.34. The van der Waals surface area contributed by atoms with Crippen LogP contribution in [0.2, 0.25) is 5.02 Å². The third kappa shape index (κ3) is 4.39. The smallest absolute Gasteiger partial charge is 0.226 e. The van der Waals surface area contributed by atoms with Crippen molar-refractivity contribution in [1.29, 1.82) is 0 Å². The number of hydrogen-bond donors (Lipinski definition) is 0. The summed E-state index contributed by atoms with van der Waals surface area (Å²) in [4.78, 5) is 20.8. The number of carbonyl (C=O) groups is 1. The second kappa shape index (κ2) is 8.78. The largest absolute Gasteiger partial charge is 0.390 e. The Bertz CT molecular complexity index is 847. The SMILES string of the molecule is O=C(C1CCCC1)N(Cc1ccccc1)CC1CC(c2ccccc2Cl)=NO1. The summed E-state index contributed by atoms with van der Waals surface area (Å²) in [5.41, 5.74) is 2.89. The Morgan fingerprint density at radius 2 is 1.79 bits per heavy atom. The fourth-order valence-electron chi connectivity index (χ4n) is 4.09. The molecule has 2 aromatic rings. The molecule has 0 bridgehead atoms. The predicted molar refractivity (Wildman–Crippen MR) is 111 cm³/mol. The van der Waals surface area contributed by atoms with E-state index in [2.05, 4.69) is 17.3 Å². The topological polar surface area (TPSA) is 41.9 Å². The van der Waals surface area contributed by atoms with Crippen LogP contribution in [-0.4, -0.2) is 29.2 Å². The van der Waals surface area contributed by atoms with E-state index >= 15 is 0 Å². The Hall–Kier alpha value is -2.33. The van der Waals surface area contributed by atoms with Gasteiger partial charge in [0, 0.05) is 29.5 Å². The van der Waals surface area contributed by atoms with E-state index in [0.717, 1.165) is 42.5 Å². The minimum Gasteiger partial charge on any atom is -0.390 e. The monoisotopic (exact) mass is 396 g/mol. The Labute approximate surface area is 171 Å². The molecule has 1 aliphatic carbocycles. The molecule has 28 heavy (non-hydrogen) atoms. The van der Waals surface area contributed by atoms with Crippen LogP contribution in [0.15, 0.2) is 59.8 Å². The van der Waals surface area contributed by atoms with Crippen LogP contribution in [0.1, 0.15) is 43.2 Å². The Kier molecular flexibility index (Phi) is 5.96. The highest BCUT2D eigenvalue weighted by Gasteiger charge is 2.31. The molecule has 0 saturated heterocycles. The number of amides is 1. The van der Waals surface area contributed by atoms with Gasteiger partial charge in [0.05, 0.1) is 12.3 Å². The van der Waals surface area contributed by atoms with E-state index in [9.17, 15) is 4.79 Å². The molecule has 0 radical (unpaired) electrons. The van der Waals surface area contributed by atoms with E-state index in [0.29, 0.717) is 24.5 Å². The fourth-order valence-corrected chi connectivity index (χ4v) is 4.34. The minimum absolute atomic E-state index is 0.139. The zero-order valence-corrected chi connectivity index (χ0v) is 16.6. The molecule has 4 nitrogen and oxygen atoms in total. The maximum atomic E-state index is 13.2. The van der Waals surface area contributed by atoms with Crippen molar-refractivity contribution >= 4 is 23.2 Å². The second-order valence-corrected chi connectivity index (χ2v) is 8.04. The lowest BCUT2D eigenvalue weighted by atomic mass is 10.0. The van der Waals surface area contributed by atoms with Crippen LogP contribution in [0, 0.1) is 5.92 Å². The van der Waals surface area contributed by atoms with E-state index in [1.807, 2.05) is 47.4 Å². The molecule has 0 spiro atoms. The van der Waals surface area contributed by atoms with Crippen molar-refractivity contribution in [2.75, 3.05) is 6.54 Å². The molecule has 2 aromatic carbocycles. The van der Waals surface area contributed by atoms with Crippen LogP contribution in [0.25, 0.3) is 0 Å². The summed E-state index contributed by atoms with van der Waals surface area (Å²) in [7, 11) is 0. The van der Waals surface area contributed by atoms with Gasteiger partial charge in [0.2, 0.25) is 5.91 Å². The molecule has 1 amide bonds. The summed E-state index contributed by atoms with van der Waals surface area (Å²) in [6, 6.07) is 17.8. The quantitative estimate of drug-likeness (QED) is 0.685. The second-order valence-electron chi connectivity index (χ2n) is 7.64. The first kappa shape index (κ1) is 19.0. The maximum Gasteiger partial charge on any atom is 0.226 e. The van der Waals surface area contributed by atoms with Crippen molar-refractivity contribution in [3.63, 3.8) is 0 Å². The molecule has 5 heteroatoms. The third-order valence-electron chi connectivity index (χ3n) is 5.57. The van der Waals surface area contributed by atoms with Crippen LogP contribution in [0.4, 0.5) is 0 Å². The highest BCUT2D eigenvalue weighted by Crippen LogP contribution is 2.29. The molecular weight excluding hydrogens is 372 g/mol. The molecule has 146 valence electrons. The zero-order valence-electron chi connectivity index (χ0n) is 15.9. The summed E-state index contributed by atoms with van der Waals surface area (Å²) in [5, 5.41) is 4.93. The summed E-state index contributed by atoms with van der Waals surface area (Å²) >= 11 is 6.30. The number of nitrogens with zero attached hydrogens (tertiary/aromatic N) is 2. The predicted octanol–water partition coefficient (Wildman–Crippen LogP) is 5.05. The molecule has 1 aliphatic heterocycles. The van der Waals surface area contributed by atoms with Gasteiger partial charge in [-0.1, -0.05) is 78.1 Å². The lowest BCUT2D eigenvalue weighted by molar-refractivity contribution is -0.137. The lowest BCUT2D eigenvalue weighted by Gasteiger charge is -2.27. The summed E-state index contributed by atoms with van der Waals surface area (Å²) in [6.45, 7) is 1.15. The number of hydrogen-bond acceptors (Lipinski definition) is 3. The molecule has 1 saturated carbocycles. The number of benzene rings is 2. The molecule has 2 aliphatic rings. The van der Waals surface area contributed by atoms with Gasteiger partial charge in [-0.05, 0) is 24.5 Å². The molecular formula is C23H25ClN2O2. The molecule has 1 atom stereocenters. The summed E-state index contributed by atoms with van der Waals surface area (Å²) in [6.07, 6.45) is 4.81. The molecule has 1 heterocycles. The first-order valence-electron chi connectivity index (χ1n) is 10.0. The fraction of sp³-hybridized carbons (Fsp3) is 0.391. The van der Waals surface area contributed by atoms with Crippen LogP contribution in [0.3, 0.4) is 0 Å².